The predicted octanol–water partition coefficient (Wildman–Crippen LogP) is 3.59. The Morgan fingerprint density at radius 2 is 1.82 bits per heavy atom. The number of carboxylic acids is 1. The van der Waals surface area contributed by atoms with Crippen LogP contribution < -0.4 is 0 Å². The van der Waals surface area contributed by atoms with Gasteiger partial charge in [0.1, 0.15) is 5.82 Å². The molecule has 0 aromatic heterocycles. The van der Waals surface area contributed by atoms with Crippen molar-refractivity contribution in [2.45, 2.75) is 43.9 Å². The molecule has 12 heteroatoms. The first-order valence-corrected chi connectivity index (χ1v) is 13.7. The van der Waals surface area contributed by atoms with Gasteiger partial charge in [0.2, 0.25) is 5.91 Å². The molecular formula is C27H36Cl2FN3O5S. The molecule has 1 saturated carbocycles. The summed E-state index contributed by atoms with van der Waals surface area (Å²) in [5.74, 6) is -1.32. The minimum absolute atomic E-state index is 0. The standard InChI is InChI=1S/C27H34FN3O5S.2ClH/c1-18(32)37-23-9-13-31(26(27(36)19-6-7-19)21-4-2-3-5-22(21)28)16-20(23)8-12-30-15-14-29(17-24(30)33)11-10-25(34)35;;/h2-5,8,19,23,26H,6-7,9-17H2,1H3,(H,34,35);2*1H/b20-8+;;. The van der Waals surface area contributed by atoms with Crippen molar-refractivity contribution in [3.05, 3.63) is 47.3 Å². The number of thioether (sulfide) groups is 1. The molecular weight excluding hydrogens is 568 g/mol. The normalized spacial score (nSPS) is 22.1. The van der Waals surface area contributed by atoms with Crippen molar-refractivity contribution in [2.75, 3.05) is 45.8 Å². The molecule has 3 fully saturated rings. The smallest absolute Gasteiger partial charge is 0.304 e. The maximum absolute atomic E-state index is 14.8. The Kier molecular flexibility index (Phi) is 12.9. The summed E-state index contributed by atoms with van der Waals surface area (Å²) in [6, 6.07) is 5.78. The number of carbonyl (C=O) groups is 4. The second-order valence-electron chi connectivity index (χ2n) is 10.00. The third-order valence-corrected chi connectivity index (χ3v) is 8.37. The zero-order valence-corrected chi connectivity index (χ0v) is 24.4. The van der Waals surface area contributed by atoms with E-state index in [1.165, 1.54) is 24.8 Å². The van der Waals surface area contributed by atoms with E-state index in [2.05, 4.69) is 0 Å². The number of amides is 1. The van der Waals surface area contributed by atoms with E-state index in [-0.39, 0.29) is 65.8 Å². The molecule has 2 atom stereocenters. The molecule has 39 heavy (non-hydrogen) atoms. The summed E-state index contributed by atoms with van der Waals surface area (Å²) in [6.07, 6.45) is 4.31. The molecule has 2 aliphatic heterocycles. The Morgan fingerprint density at radius 1 is 1.10 bits per heavy atom. The number of likely N-dealkylation sites (tertiary alicyclic amines) is 1. The minimum atomic E-state index is -0.885. The van der Waals surface area contributed by atoms with Crippen LogP contribution in [0.15, 0.2) is 35.9 Å². The van der Waals surface area contributed by atoms with Gasteiger partial charge < -0.3 is 10.0 Å². The van der Waals surface area contributed by atoms with E-state index in [0.29, 0.717) is 51.3 Å². The van der Waals surface area contributed by atoms with Crippen molar-refractivity contribution in [3.63, 3.8) is 0 Å². The van der Waals surface area contributed by atoms with Crippen LogP contribution in [0.25, 0.3) is 0 Å². The van der Waals surface area contributed by atoms with Crippen LogP contribution in [-0.2, 0) is 19.2 Å². The van der Waals surface area contributed by atoms with Crippen LogP contribution in [0.4, 0.5) is 4.39 Å². The Labute approximate surface area is 245 Å². The first-order chi connectivity index (χ1) is 17.7. The van der Waals surface area contributed by atoms with E-state index >= 15 is 0 Å². The van der Waals surface area contributed by atoms with Crippen LogP contribution in [0, 0.1) is 11.7 Å². The Morgan fingerprint density at radius 3 is 2.44 bits per heavy atom. The van der Waals surface area contributed by atoms with E-state index in [1.807, 2.05) is 15.9 Å². The number of benzene rings is 1. The summed E-state index contributed by atoms with van der Waals surface area (Å²) in [7, 11) is 0. The lowest BCUT2D eigenvalue weighted by atomic mass is 9.93. The van der Waals surface area contributed by atoms with E-state index in [9.17, 15) is 23.6 Å². The van der Waals surface area contributed by atoms with Crippen LogP contribution in [0.5, 0.6) is 0 Å². The van der Waals surface area contributed by atoms with E-state index in [4.69, 9.17) is 5.11 Å². The van der Waals surface area contributed by atoms with E-state index in [1.54, 1.807) is 23.1 Å². The van der Waals surface area contributed by atoms with Crippen LogP contribution in [0.1, 0.15) is 44.2 Å². The number of aliphatic carboxylic acids is 1. The molecule has 1 N–H and O–H groups in total. The second kappa shape index (κ2) is 15.1. The maximum Gasteiger partial charge on any atom is 0.304 e. The number of halogens is 3. The average Bonchev–Trinajstić information content (AvgIpc) is 3.70. The van der Waals surface area contributed by atoms with Gasteiger partial charge >= 0.3 is 5.97 Å². The van der Waals surface area contributed by atoms with Crippen molar-refractivity contribution in [1.82, 2.24) is 14.7 Å². The van der Waals surface area contributed by atoms with Crippen molar-refractivity contribution >= 4 is 59.4 Å². The molecule has 1 aliphatic carbocycles. The molecule has 4 rings (SSSR count). The topological polar surface area (TPSA) is 98.2 Å². The lowest BCUT2D eigenvalue weighted by Crippen LogP contribution is -2.50. The Bertz CT molecular complexity index is 1090. The number of hydrogen-bond acceptors (Lipinski definition) is 7. The third kappa shape index (κ3) is 9.01. The Balaban J connectivity index is 0.00000267. The molecule has 1 aromatic carbocycles. The van der Waals surface area contributed by atoms with Gasteiger partial charge in [0, 0.05) is 62.9 Å². The predicted molar refractivity (Wildman–Crippen MR) is 153 cm³/mol. The highest BCUT2D eigenvalue weighted by Crippen LogP contribution is 2.40. The lowest BCUT2D eigenvalue weighted by Gasteiger charge is -2.39. The largest absolute Gasteiger partial charge is 0.481 e. The first kappa shape index (κ1) is 33.2. The maximum atomic E-state index is 14.8. The quantitative estimate of drug-likeness (QED) is 0.405. The van der Waals surface area contributed by atoms with Crippen molar-refractivity contribution in [1.29, 1.82) is 0 Å². The van der Waals surface area contributed by atoms with Gasteiger partial charge in [0.15, 0.2) is 10.9 Å². The summed E-state index contributed by atoms with van der Waals surface area (Å²) in [4.78, 5) is 54.4. The SMILES string of the molecule is CC(=O)SC1CCN(C(C(=O)C2CC2)c2ccccc2F)C/C1=C\CN1CCN(CCC(=O)O)CC1=O.Cl.Cl. The Hall–Kier alpha value is -1.98. The molecule has 216 valence electrons. The van der Waals surface area contributed by atoms with E-state index < -0.39 is 17.8 Å². The van der Waals surface area contributed by atoms with Crippen molar-refractivity contribution in [3.8, 4) is 0 Å². The van der Waals surface area contributed by atoms with Crippen molar-refractivity contribution < 1.29 is 28.7 Å². The number of piperazine rings is 1. The molecule has 0 spiro atoms. The van der Waals surface area contributed by atoms with Gasteiger partial charge in [-0.25, -0.2) is 4.39 Å². The number of Topliss-reactive ketones (excluding diaryl/α,β-unsaturated/α-hetero) is 1. The fourth-order valence-corrected chi connectivity index (χ4v) is 6.02. The number of ketones is 1. The molecule has 2 unspecified atom stereocenters. The van der Waals surface area contributed by atoms with Gasteiger partial charge in [-0.1, -0.05) is 36.0 Å². The highest BCUT2D eigenvalue weighted by molar-refractivity contribution is 8.14. The number of carboxylic acid groups (broad SMARTS) is 1. The van der Waals surface area contributed by atoms with Gasteiger partial charge in [0.25, 0.3) is 0 Å². The zero-order chi connectivity index (χ0) is 26.5. The molecule has 2 heterocycles. The molecule has 8 nitrogen and oxygen atoms in total. The van der Waals surface area contributed by atoms with E-state index in [0.717, 1.165) is 18.4 Å². The summed E-state index contributed by atoms with van der Waals surface area (Å²) < 4.78 is 14.8. The van der Waals surface area contributed by atoms with Crippen LogP contribution in [-0.4, -0.2) is 93.6 Å². The van der Waals surface area contributed by atoms with Crippen LogP contribution >= 0.6 is 36.6 Å². The van der Waals surface area contributed by atoms with Gasteiger partial charge in [-0.3, -0.25) is 29.0 Å². The highest BCUT2D eigenvalue weighted by atomic mass is 35.5. The van der Waals surface area contributed by atoms with Gasteiger partial charge in [-0.05, 0) is 30.9 Å². The number of hydrogen-bond donors (Lipinski definition) is 1. The monoisotopic (exact) mass is 603 g/mol. The van der Waals surface area contributed by atoms with Gasteiger partial charge in [-0.2, -0.15) is 0 Å². The summed E-state index contributed by atoms with van der Waals surface area (Å²) >= 11 is 1.26. The van der Waals surface area contributed by atoms with Crippen LogP contribution in [0.3, 0.4) is 0 Å². The zero-order valence-electron chi connectivity index (χ0n) is 21.9. The number of rotatable bonds is 10. The molecule has 1 amide bonds. The molecule has 0 bridgehead atoms. The summed E-state index contributed by atoms with van der Waals surface area (Å²) in [6.45, 7) is 4.53. The van der Waals surface area contributed by atoms with Gasteiger partial charge in [-0.15, -0.1) is 24.8 Å². The molecule has 2 saturated heterocycles. The van der Waals surface area contributed by atoms with Gasteiger partial charge in [0.05, 0.1) is 19.0 Å². The third-order valence-electron chi connectivity index (χ3n) is 7.21. The summed E-state index contributed by atoms with van der Waals surface area (Å²) in [5, 5.41) is 8.84. The average molecular weight is 605 g/mol. The second-order valence-corrected chi connectivity index (χ2v) is 11.4. The number of piperidine rings is 1. The number of nitrogens with zero attached hydrogens (tertiary/aromatic N) is 3. The summed E-state index contributed by atoms with van der Waals surface area (Å²) in [5.41, 5.74) is 1.36. The fraction of sp³-hybridized carbons (Fsp3) is 0.556. The first-order valence-electron chi connectivity index (χ1n) is 12.8. The highest BCUT2D eigenvalue weighted by Gasteiger charge is 2.41. The molecule has 3 aliphatic rings. The molecule has 1 aromatic rings. The molecule has 0 radical (unpaired) electrons. The number of carbonyl (C=O) groups excluding carboxylic acids is 3. The minimum Gasteiger partial charge on any atom is -0.481 e. The van der Waals surface area contributed by atoms with Crippen LogP contribution in [0.2, 0.25) is 0 Å². The van der Waals surface area contributed by atoms with Crippen molar-refractivity contribution in [2.24, 2.45) is 5.92 Å². The fourth-order valence-electron chi connectivity index (χ4n) is 5.08. The lowest BCUT2D eigenvalue weighted by molar-refractivity contribution is -0.140.